The van der Waals surface area contributed by atoms with Gasteiger partial charge in [0, 0.05) is 50.9 Å². The van der Waals surface area contributed by atoms with Gasteiger partial charge in [-0.2, -0.15) is 0 Å². The van der Waals surface area contributed by atoms with Crippen LogP contribution < -0.4 is 15.4 Å². The van der Waals surface area contributed by atoms with Crippen LogP contribution in [0.4, 0.5) is 0 Å². The monoisotopic (exact) mass is 654 g/mol. The third kappa shape index (κ3) is 17.4. The molecule has 1 aromatic rings. The molecular weight excluding hydrogens is 604 g/mol. The highest BCUT2D eigenvalue weighted by Gasteiger charge is 2.34. The van der Waals surface area contributed by atoms with Crippen LogP contribution in [0.25, 0.3) is 0 Å². The van der Waals surface area contributed by atoms with E-state index in [0.717, 1.165) is 31.2 Å². The molecule has 0 aromatic heterocycles. The molecule has 14 nitrogen and oxygen atoms in total. The molecule has 3 unspecified atom stereocenters. The molecule has 1 heterocycles. The first-order valence-electron chi connectivity index (χ1n) is 16.0. The number of aliphatic hydroxyl groups is 1. The molecule has 0 spiro atoms. The number of aliphatic hydroxyl groups excluding tert-OH is 1. The van der Waals surface area contributed by atoms with Gasteiger partial charge in [-0.25, -0.2) is 4.79 Å². The standard InChI is InChI=1S/C32H50N2O12/c1-2-29(37)33-11-5-3-4-8-30(38)34-12-14-42-16-18-43-17-15-41-13-6-7-24-9-10-27(25(19-24)22-44-23-35)45-31-21-26(36)20-28(46-31)32(39)40/h9-10,19,23,26,28,31,36H,2-8,11-18,20-22H2,1H3,(H,33,37)(H,34,38)(H,39,40). The number of benzene rings is 1. The third-order valence-electron chi connectivity index (χ3n) is 7.02. The summed E-state index contributed by atoms with van der Waals surface area (Å²) >= 11 is 0. The molecule has 3 atom stereocenters. The Morgan fingerprint density at radius 3 is 2.35 bits per heavy atom. The van der Waals surface area contributed by atoms with Gasteiger partial charge in [-0.05, 0) is 43.4 Å². The van der Waals surface area contributed by atoms with Crippen LogP contribution in [0.15, 0.2) is 18.2 Å². The van der Waals surface area contributed by atoms with E-state index >= 15 is 0 Å². The molecule has 1 aliphatic heterocycles. The minimum absolute atomic E-state index is 0.00323. The Bertz CT molecular complexity index is 1040. The molecule has 1 fully saturated rings. The van der Waals surface area contributed by atoms with Gasteiger partial charge < -0.3 is 49.3 Å². The number of rotatable bonds is 26. The number of carbonyl (C=O) groups excluding carboxylic acids is 3. The number of hydrogen-bond acceptors (Lipinski definition) is 11. The SMILES string of the molecule is CCC(=O)NCCCCCC(=O)NCCOCCOCCOCCCc1ccc(OC2CC(O)CC(C(=O)O)O2)c(COC=O)c1. The fraction of sp³-hybridized carbons (Fsp3) is 0.688. The van der Waals surface area contributed by atoms with Crippen LogP contribution in [-0.4, -0.2) is 106 Å². The summed E-state index contributed by atoms with van der Waals surface area (Å²) in [7, 11) is 0. The van der Waals surface area contributed by atoms with Gasteiger partial charge in [0.05, 0.1) is 39.1 Å². The highest BCUT2D eigenvalue weighted by atomic mass is 16.7. The number of aliphatic carboxylic acids is 1. The molecule has 260 valence electrons. The second-order valence-corrected chi connectivity index (χ2v) is 10.8. The van der Waals surface area contributed by atoms with Crippen LogP contribution in [-0.2, 0) is 55.9 Å². The second kappa shape index (κ2) is 24.0. The zero-order chi connectivity index (χ0) is 33.4. The summed E-state index contributed by atoms with van der Waals surface area (Å²) in [4.78, 5) is 45.1. The predicted molar refractivity (Wildman–Crippen MR) is 165 cm³/mol. The molecule has 0 radical (unpaired) electrons. The van der Waals surface area contributed by atoms with E-state index in [1.54, 1.807) is 6.07 Å². The average molecular weight is 655 g/mol. The van der Waals surface area contributed by atoms with Crippen LogP contribution in [0.1, 0.15) is 69.4 Å². The van der Waals surface area contributed by atoms with E-state index in [0.29, 0.717) is 89.8 Å². The molecule has 4 N–H and O–H groups in total. The summed E-state index contributed by atoms with van der Waals surface area (Å²) < 4.78 is 32.8. The number of nitrogens with one attached hydrogen (secondary N) is 2. The Balaban J connectivity index is 1.50. The third-order valence-corrected chi connectivity index (χ3v) is 7.02. The van der Waals surface area contributed by atoms with Gasteiger partial charge in [0.25, 0.3) is 6.47 Å². The molecule has 1 saturated heterocycles. The van der Waals surface area contributed by atoms with Gasteiger partial charge in [0.2, 0.25) is 18.1 Å². The van der Waals surface area contributed by atoms with Gasteiger partial charge in [0.15, 0.2) is 6.10 Å². The summed E-state index contributed by atoms with van der Waals surface area (Å²) in [5.74, 6) is -0.738. The van der Waals surface area contributed by atoms with Crippen molar-refractivity contribution in [2.75, 3.05) is 52.7 Å². The second-order valence-electron chi connectivity index (χ2n) is 10.8. The first-order valence-corrected chi connectivity index (χ1v) is 16.0. The fourth-order valence-corrected chi connectivity index (χ4v) is 4.59. The molecular formula is C32H50N2O12. The van der Waals surface area contributed by atoms with Crippen molar-refractivity contribution in [2.45, 2.75) is 89.8 Å². The Morgan fingerprint density at radius 1 is 0.913 bits per heavy atom. The number of carboxylic acid groups (broad SMARTS) is 1. The zero-order valence-corrected chi connectivity index (χ0v) is 26.7. The summed E-state index contributed by atoms with van der Waals surface area (Å²) in [6, 6.07) is 5.42. The van der Waals surface area contributed by atoms with E-state index in [4.69, 9.17) is 28.4 Å². The van der Waals surface area contributed by atoms with E-state index in [1.165, 1.54) is 0 Å². The van der Waals surface area contributed by atoms with Crippen LogP contribution in [0.2, 0.25) is 0 Å². The van der Waals surface area contributed by atoms with Crippen LogP contribution >= 0.6 is 0 Å². The summed E-state index contributed by atoms with van der Waals surface area (Å²) in [6.45, 7) is 5.88. The maximum Gasteiger partial charge on any atom is 0.333 e. The zero-order valence-electron chi connectivity index (χ0n) is 26.7. The smallest absolute Gasteiger partial charge is 0.333 e. The minimum Gasteiger partial charge on any atom is -0.479 e. The van der Waals surface area contributed by atoms with Crippen molar-refractivity contribution >= 4 is 24.3 Å². The Hall–Kier alpha value is -3.30. The number of hydrogen-bond donors (Lipinski definition) is 4. The van der Waals surface area contributed by atoms with Gasteiger partial charge in [-0.15, -0.1) is 0 Å². The van der Waals surface area contributed by atoms with E-state index in [-0.39, 0.29) is 31.3 Å². The normalized spacial score (nSPS) is 17.7. The molecule has 0 bridgehead atoms. The lowest BCUT2D eigenvalue weighted by Gasteiger charge is -2.31. The predicted octanol–water partition coefficient (Wildman–Crippen LogP) is 1.87. The molecule has 46 heavy (non-hydrogen) atoms. The molecule has 0 saturated carbocycles. The summed E-state index contributed by atoms with van der Waals surface area (Å²) in [6.07, 6.45) is 2.10. The van der Waals surface area contributed by atoms with Crippen molar-refractivity contribution in [2.24, 2.45) is 0 Å². The number of amides is 2. The van der Waals surface area contributed by atoms with Crippen molar-refractivity contribution < 1.29 is 57.8 Å². The van der Waals surface area contributed by atoms with Gasteiger partial charge in [-0.3, -0.25) is 14.4 Å². The fourth-order valence-electron chi connectivity index (χ4n) is 4.59. The van der Waals surface area contributed by atoms with E-state index < -0.39 is 24.5 Å². The summed E-state index contributed by atoms with van der Waals surface area (Å²) in [5, 5.41) is 24.9. The minimum atomic E-state index is -1.17. The Morgan fingerprint density at radius 2 is 1.63 bits per heavy atom. The van der Waals surface area contributed by atoms with Gasteiger partial charge in [-0.1, -0.05) is 19.4 Å². The average Bonchev–Trinajstić information content (AvgIpc) is 3.04. The van der Waals surface area contributed by atoms with Crippen LogP contribution in [0.5, 0.6) is 5.75 Å². The first-order chi connectivity index (χ1) is 22.3. The lowest BCUT2D eigenvalue weighted by atomic mass is 10.0. The maximum absolute atomic E-state index is 11.8. The van der Waals surface area contributed by atoms with Gasteiger partial charge in [0.1, 0.15) is 12.4 Å². The quantitative estimate of drug-likeness (QED) is 0.0840. The van der Waals surface area contributed by atoms with E-state index in [2.05, 4.69) is 10.6 Å². The molecule has 14 heteroatoms. The van der Waals surface area contributed by atoms with Crippen molar-refractivity contribution in [3.8, 4) is 5.75 Å². The van der Waals surface area contributed by atoms with Crippen molar-refractivity contribution in [3.63, 3.8) is 0 Å². The number of unbranched alkanes of at least 4 members (excludes halogenated alkanes) is 2. The maximum atomic E-state index is 11.8. The Labute approximate surface area is 270 Å². The van der Waals surface area contributed by atoms with Crippen molar-refractivity contribution in [1.82, 2.24) is 10.6 Å². The summed E-state index contributed by atoms with van der Waals surface area (Å²) in [5.41, 5.74) is 1.58. The first kappa shape index (κ1) is 38.9. The lowest BCUT2D eigenvalue weighted by Crippen LogP contribution is -2.42. The van der Waals surface area contributed by atoms with Gasteiger partial charge >= 0.3 is 5.97 Å². The number of carbonyl (C=O) groups is 4. The lowest BCUT2D eigenvalue weighted by molar-refractivity contribution is -0.195. The highest BCUT2D eigenvalue weighted by Crippen LogP contribution is 2.27. The van der Waals surface area contributed by atoms with E-state index in [1.807, 2.05) is 19.1 Å². The number of ether oxygens (including phenoxy) is 6. The molecule has 0 aliphatic carbocycles. The van der Waals surface area contributed by atoms with E-state index in [9.17, 15) is 29.4 Å². The van der Waals surface area contributed by atoms with Crippen molar-refractivity contribution in [1.29, 1.82) is 0 Å². The molecule has 2 rings (SSSR count). The number of carboxylic acids is 1. The number of aryl methyl sites for hydroxylation is 1. The Kier molecular flexibility index (Phi) is 20.2. The van der Waals surface area contributed by atoms with Crippen LogP contribution in [0, 0.1) is 0 Å². The largest absolute Gasteiger partial charge is 0.479 e. The molecule has 1 aromatic carbocycles. The van der Waals surface area contributed by atoms with Crippen molar-refractivity contribution in [3.05, 3.63) is 29.3 Å². The highest BCUT2D eigenvalue weighted by molar-refractivity contribution is 5.76. The van der Waals surface area contributed by atoms with Crippen LogP contribution in [0.3, 0.4) is 0 Å². The topological polar surface area (TPSA) is 188 Å². The molecule has 1 aliphatic rings. The molecule has 2 amide bonds.